The molecule has 1 atom stereocenters. The summed E-state index contributed by atoms with van der Waals surface area (Å²) in [5, 5.41) is 5.47. The van der Waals surface area contributed by atoms with E-state index in [1.807, 2.05) is 4.90 Å². The topological polar surface area (TPSA) is 61.4 Å². The Hall–Kier alpha value is -1.99. The van der Waals surface area contributed by atoms with E-state index in [1.54, 1.807) is 23.7 Å². The van der Waals surface area contributed by atoms with Crippen LogP contribution in [0.25, 0.3) is 0 Å². The molecule has 3 heterocycles. The lowest BCUT2D eigenvalue weighted by molar-refractivity contribution is 0.0786. The molecule has 0 saturated carbocycles. The Morgan fingerprint density at radius 2 is 2.12 bits per heavy atom. The highest BCUT2D eigenvalue weighted by Crippen LogP contribution is 2.27. The van der Waals surface area contributed by atoms with Crippen LogP contribution in [0.4, 0.5) is 5.82 Å². The van der Waals surface area contributed by atoms with Gasteiger partial charge in [-0.15, -0.1) is 11.3 Å². The molecule has 1 unspecified atom stereocenters. The van der Waals surface area contributed by atoms with Crippen molar-refractivity contribution in [1.29, 1.82) is 0 Å². The quantitative estimate of drug-likeness (QED) is 0.859. The van der Waals surface area contributed by atoms with Crippen molar-refractivity contribution in [3.63, 3.8) is 0 Å². The van der Waals surface area contributed by atoms with E-state index in [9.17, 15) is 4.79 Å². The number of rotatable bonds is 6. The van der Waals surface area contributed by atoms with Crippen LogP contribution < -0.4 is 5.32 Å². The van der Waals surface area contributed by atoms with Gasteiger partial charge in [-0.1, -0.05) is 0 Å². The van der Waals surface area contributed by atoms with Gasteiger partial charge in [0.15, 0.2) is 0 Å². The molecule has 0 spiro atoms. The highest BCUT2D eigenvalue weighted by Gasteiger charge is 2.22. The van der Waals surface area contributed by atoms with Crippen molar-refractivity contribution in [3.8, 4) is 0 Å². The van der Waals surface area contributed by atoms with Crippen LogP contribution in [0, 0.1) is 6.92 Å². The summed E-state index contributed by atoms with van der Waals surface area (Å²) >= 11 is 1.77. The third-order valence-electron chi connectivity index (χ3n) is 4.55. The SMILES string of the molecule is Cc1ccsc1C(CNc1cncc(C(=O)N2CCCC2)n1)N(C)C. The molecular weight excluding hydrogens is 334 g/mol. The van der Waals surface area contributed by atoms with Gasteiger partial charge in [0, 0.05) is 24.5 Å². The molecule has 1 aliphatic heterocycles. The van der Waals surface area contributed by atoms with Gasteiger partial charge >= 0.3 is 0 Å². The lowest BCUT2D eigenvalue weighted by Crippen LogP contribution is -2.29. The lowest BCUT2D eigenvalue weighted by atomic mass is 10.1. The minimum absolute atomic E-state index is 0.0214. The zero-order valence-corrected chi connectivity index (χ0v) is 15.8. The summed E-state index contributed by atoms with van der Waals surface area (Å²) in [6.45, 7) is 4.49. The second kappa shape index (κ2) is 7.93. The summed E-state index contributed by atoms with van der Waals surface area (Å²) in [5.74, 6) is 0.623. The third kappa shape index (κ3) is 4.16. The van der Waals surface area contributed by atoms with Gasteiger partial charge in [-0.25, -0.2) is 4.98 Å². The number of amides is 1. The van der Waals surface area contributed by atoms with Crippen molar-refractivity contribution < 1.29 is 4.79 Å². The van der Waals surface area contributed by atoms with E-state index in [4.69, 9.17) is 0 Å². The Balaban J connectivity index is 1.69. The first-order chi connectivity index (χ1) is 12.1. The lowest BCUT2D eigenvalue weighted by Gasteiger charge is -2.24. The largest absolute Gasteiger partial charge is 0.367 e. The smallest absolute Gasteiger partial charge is 0.274 e. The number of thiophene rings is 1. The number of nitrogens with one attached hydrogen (secondary N) is 1. The standard InChI is InChI=1S/C18H25N5OS/c1-13-6-9-25-17(13)15(22(2)3)11-20-16-12-19-10-14(21-16)18(24)23-7-4-5-8-23/h6,9-10,12,15H,4-5,7-8,11H2,1-3H3,(H,20,21). The zero-order valence-electron chi connectivity index (χ0n) is 15.0. The highest BCUT2D eigenvalue weighted by atomic mass is 32.1. The van der Waals surface area contributed by atoms with Gasteiger partial charge in [-0.3, -0.25) is 9.78 Å². The summed E-state index contributed by atoms with van der Waals surface area (Å²) in [5.41, 5.74) is 1.72. The minimum atomic E-state index is -0.0214. The second-order valence-corrected chi connectivity index (χ2v) is 7.56. The van der Waals surface area contributed by atoms with Crippen molar-refractivity contribution in [2.45, 2.75) is 25.8 Å². The first-order valence-corrected chi connectivity index (χ1v) is 9.50. The first-order valence-electron chi connectivity index (χ1n) is 8.62. The Bertz CT molecular complexity index is 724. The van der Waals surface area contributed by atoms with Gasteiger partial charge in [0.05, 0.1) is 18.4 Å². The van der Waals surface area contributed by atoms with Crippen LogP contribution in [-0.2, 0) is 0 Å². The van der Waals surface area contributed by atoms with Crippen molar-refractivity contribution in [1.82, 2.24) is 19.8 Å². The number of anilines is 1. The van der Waals surface area contributed by atoms with E-state index in [1.165, 1.54) is 10.4 Å². The molecule has 7 heteroatoms. The summed E-state index contributed by atoms with van der Waals surface area (Å²) < 4.78 is 0. The monoisotopic (exact) mass is 359 g/mol. The number of carbonyl (C=O) groups is 1. The Kier molecular flexibility index (Phi) is 5.65. The van der Waals surface area contributed by atoms with Crippen LogP contribution in [0.1, 0.15) is 39.8 Å². The van der Waals surface area contributed by atoms with Gasteiger partial charge in [0.2, 0.25) is 0 Å². The molecule has 1 saturated heterocycles. The molecule has 134 valence electrons. The Morgan fingerprint density at radius 3 is 2.76 bits per heavy atom. The number of aryl methyl sites for hydroxylation is 1. The molecule has 1 aliphatic rings. The molecule has 2 aromatic rings. The average molecular weight is 359 g/mol. The van der Waals surface area contributed by atoms with Gasteiger partial charge in [-0.05, 0) is 50.9 Å². The summed E-state index contributed by atoms with van der Waals surface area (Å²) in [4.78, 5) is 26.5. The van der Waals surface area contributed by atoms with Crippen LogP contribution in [0.5, 0.6) is 0 Å². The molecule has 0 bridgehead atoms. The van der Waals surface area contributed by atoms with Crippen molar-refractivity contribution in [2.75, 3.05) is 39.0 Å². The first kappa shape index (κ1) is 17.8. The Labute approximate surface area is 152 Å². The van der Waals surface area contributed by atoms with E-state index in [0.29, 0.717) is 18.1 Å². The number of aromatic nitrogens is 2. The molecule has 6 nitrogen and oxygen atoms in total. The normalized spacial score (nSPS) is 15.6. The number of carbonyl (C=O) groups excluding carboxylic acids is 1. The van der Waals surface area contributed by atoms with E-state index < -0.39 is 0 Å². The van der Waals surface area contributed by atoms with Crippen LogP contribution in [0.2, 0.25) is 0 Å². The van der Waals surface area contributed by atoms with Crippen LogP contribution in [0.3, 0.4) is 0 Å². The van der Waals surface area contributed by atoms with Crippen LogP contribution in [-0.4, -0.2) is 59.4 Å². The number of hydrogen-bond acceptors (Lipinski definition) is 6. The molecular formula is C18H25N5OS. The van der Waals surface area contributed by atoms with Crippen LogP contribution >= 0.6 is 11.3 Å². The molecule has 0 aromatic carbocycles. The maximum absolute atomic E-state index is 12.5. The summed E-state index contributed by atoms with van der Waals surface area (Å²) in [7, 11) is 4.15. The molecule has 2 aromatic heterocycles. The van der Waals surface area contributed by atoms with Crippen molar-refractivity contribution in [2.24, 2.45) is 0 Å². The summed E-state index contributed by atoms with van der Waals surface area (Å²) in [6, 6.07) is 2.39. The Morgan fingerprint density at radius 1 is 1.36 bits per heavy atom. The number of hydrogen-bond donors (Lipinski definition) is 1. The fourth-order valence-electron chi connectivity index (χ4n) is 3.07. The summed E-state index contributed by atoms with van der Waals surface area (Å²) in [6.07, 6.45) is 5.37. The second-order valence-electron chi connectivity index (χ2n) is 6.62. The maximum Gasteiger partial charge on any atom is 0.274 e. The highest BCUT2D eigenvalue weighted by molar-refractivity contribution is 7.10. The molecule has 0 aliphatic carbocycles. The van der Waals surface area contributed by atoms with E-state index in [-0.39, 0.29) is 11.9 Å². The van der Waals surface area contributed by atoms with E-state index in [0.717, 1.165) is 25.9 Å². The number of nitrogens with zero attached hydrogens (tertiary/aromatic N) is 4. The number of likely N-dealkylation sites (N-methyl/N-ethyl adjacent to an activating group) is 1. The predicted molar refractivity (Wildman–Crippen MR) is 101 cm³/mol. The van der Waals surface area contributed by atoms with Crippen LogP contribution in [0.15, 0.2) is 23.8 Å². The molecule has 1 amide bonds. The fourth-order valence-corrected chi connectivity index (χ4v) is 4.20. The third-order valence-corrected chi connectivity index (χ3v) is 5.67. The molecule has 3 rings (SSSR count). The molecule has 0 radical (unpaired) electrons. The number of likely N-dealkylation sites (tertiary alicyclic amines) is 1. The molecule has 25 heavy (non-hydrogen) atoms. The van der Waals surface area contributed by atoms with E-state index in [2.05, 4.69) is 52.7 Å². The van der Waals surface area contributed by atoms with Gasteiger partial charge in [0.1, 0.15) is 11.5 Å². The molecule has 1 fully saturated rings. The molecule has 1 N–H and O–H groups in total. The average Bonchev–Trinajstić information content (AvgIpc) is 3.27. The van der Waals surface area contributed by atoms with Crippen molar-refractivity contribution >= 4 is 23.1 Å². The predicted octanol–water partition coefficient (Wildman–Crippen LogP) is 2.80. The fraction of sp³-hybridized carbons (Fsp3) is 0.500. The van der Waals surface area contributed by atoms with Crippen molar-refractivity contribution in [3.05, 3.63) is 40.0 Å². The van der Waals surface area contributed by atoms with E-state index >= 15 is 0 Å². The van der Waals surface area contributed by atoms with Gasteiger partial charge < -0.3 is 15.1 Å². The van der Waals surface area contributed by atoms with Gasteiger partial charge in [-0.2, -0.15) is 0 Å². The minimum Gasteiger partial charge on any atom is -0.367 e. The van der Waals surface area contributed by atoms with Gasteiger partial charge in [0.25, 0.3) is 5.91 Å². The zero-order chi connectivity index (χ0) is 17.8. The maximum atomic E-state index is 12.5.